The maximum Gasteiger partial charge on any atom is 0.341 e. The maximum absolute atomic E-state index is 11.9. The Bertz CT molecular complexity index is 1680. The highest BCUT2D eigenvalue weighted by atomic mass is 35.5. The Morgan fingerprint density at radius 1 is 0.778 bits per heavy atom. The Hall–Kier alpha value is -4.25. The van der Waals surface area contributed by atoms with Crippen LogP contribution >= 0.6 is 11.6 Å². The largest absolute Gasteiger partial charge is 0.462 e. The fourth-order valence-corrected chi connectivity index (χ4v) is 6.49. The Kier molecular flexibility index (Phi) is 7.59. The Morgan fingerprint density at radius 3 is 1.71 bits per heavy atom. The third kappa shape index (κ3) is 5.69. The SMILES string of the molecule is CCOC(=O)c1cnn(C2(c3ccc(Cl)nc3)CC2)c1.CCOC(=O)c1cnn(C2(c3ccc(N4CC5CC5C4)nc3)CC2)c1. The molecule has 5 heterocycles. The van der Waals surface area contributed by atoms with Crippen LogP contribution in [0.15, 0.2) is 61.4 Å². The summed E-state index contributed by atoms with van der Waals surface area (Å²) in [6.45, 7) is 6.63. The van der Waals surface area contributed by atoms with E-state index in [0.717, 1.165) is 62.0 Å². The molecule has 0 spiro atoms. The van der Waals surface area contributed by atoms with E-state index >= 15 is 0 Å². The van der Waals surface area contributed by atoms with Gasteiger partial charge in [0.25, 0.3) is 0 Å². The van der Waals surface area contributed by atoms with Crippen molar-refractivity contribution in [2.45, 2.75) is 57.0 Å². The third-order valence-corrected chi connectivity index (χ3v) is 9.59. The third-order valence-electron chi connectivity index (χ3n) is 9.36. The Labute approximate surface area is 266 Å². The van der Waals surface area contributed by atoms with Gasteiger partial charge in [-0.15, -0.1) is 0 Å². The van der Waals surface area contributed by atoms with Crippen LogP contribution in [-0.2, 0) is 20.6 Å². The monoisotopic (exact) mass is 629 g/mol. The minimum Gasteiger partial charge on any atom is -0.462 e. The van der Waals surface area contributed by atoms with Crippen molar-refractivity contribution in [1.29, 1.82) is 0 Å². The summed E-state index contributed by atoms with van der Waals surface area (Å²) in [4.78, 5) is 34.8. The molecule has 2 atom stereocenters. The molecule has 2 unspecified atom stereocenters. The number of fused-ring (bicyclic) bond motifs is 1. The van der Waals surface area contributed by atoms with Crippen LogP contribution in [0.2, 0.25) is 5.15 Å². The predicted octanol–water partition coefficient (Wildman–Crippen LogP) is 5.09. The number of ether oxygens (including phenoxy) is 2. The summed E-state index contributed by atoms with van der Waals surface area (Å²) in [5.41, 5.74) is 2.86. The van der Waals surface area contributed by atoms with E-state index in [-0.39, 0.29) is 23.0 Å². The number of hydrogen-bond acceptors (Lipinski definition) is 9. The van der Waals surface area contributed by atoms with Crippen molar-refractivity contribution in [1.82, 2.24) is 29.5 Å². The molecule has 3 saturated carbocycles. The van der Waals surface area contributed by atoms with Gasteiger partial charge in [0, 0.05) is 37.9 Å². The molecule has 0 radical (unpaired) electrons. The van der Waals surface area contributed by atoms with Crippen LogP contribution < -0.4 is 4.90 Å². The van der Waals surface area contributed by atoms with Crippen LogP contribution in [-0.4, -0.2) is 67.8 Å². The van der Waals surface area contributed by atoms with E-state index in [2.05, 4.69) is 32.2 Å². The molecule has 4 fully saturated rings. The van der Waals surface area contributed by atoms with Gasteiger partial charge in [-0.25, -0.2) is 19.6 Å². The van der Waals surface area contributed by atoms with Gasteiger partial charge in [-0.2, -0.15) is 10.2 Å². The van der Waals surface area contributed by atoms with Crippen LogP contribution in [0, 0.1) is 11.8 Å². The lowest BCUT2D eigenvalue weighted by atomic mass is 10.1. The molecule has 0 N–H and O–H groups in total. The normalized spacial score (nSPS) is 21.3. The second-order valence-corrected chi connectivity index (χ2v) is 12.7. The van der Waals surface area contributed by atoms with E-state index in [1.54, 1.807) is 44.0 Å². The molecule has 11 nitrogen and oxygen atoms in total. The summed E-state index contributed by atoms with van der Waals surface area (Å²) < 4.78 is 13.8. The van der Waals surface area contributed by atoms with Crippen LogP contribution in [0.1, 0.15) is 77.8 Å². The van der Waals surface area contributed by atoms with Crippen LogP contribution in [0.4, 0.5) is 5.82 Å². The van der Waals surface area contributed by atoms with Crippen molar-refractivity contribution in [3.8, 4) is 0 Å². The lowest BCUT2D eigenvalue weighted by molar-refractivity contribution is 0.0516. The number of carbonyl (C=O) groups excluding carboxylic acids is 2. The zero-order valence-electron chi connectivity index (χ0n) is 25.4. The molecule has 4 aromatic rings. The number of pyridine rings is 2. The molecule has 1 saturated heterocycles. The molecule has 4 aromatic heterocycles. The molecule has 0 aromatic carbocycles. The molecular weight excluding hydrogens is 594 g/mol. The number of halogens is 1. The van der Waals surface area contributed by atoms with Gasteiger partial charge >= 0.3 is 11.9 Å². The van der Waals surface area contributed by atoms with Crippen molar-refractivity contribution < 1.29 is 19.1 Å². The number of anilines is 1. The summed E-state index contributed by atoms with van der Waals surface area (Å²) in [6.07, 6.45) is 15.8. The molecule has 4 aliphatic rings. The average Bonchev–Trinajstić information content (AvgIpc) is 4.02. The second kappa shape index (κ2) is 11.6. The highest BCUT2D eigenvalue weighted by Crippen LogP contribution is 2.50. The number of nitrogens with zero attached hydrogens (tertiary/aromatic N) is 7. The first-order valence-corrected chi connectivity index (χ1v) is 16.0. The van der Waals surface area contributed by atoms with Crippen molar-refractivity contribution in [3.63, 3.8) is 0 Å². The molecule has 12 heteroatoms. The highest BCUT2D eigenvalue weighted by Gasteiger charge is 2.49. The number of esters is 2. The van der Waals surface area contributed by atoms with Crippen molar-refractivity contribution >= 4 is 29.4 Å². The van der Waals surface area contributed by atoms with E-state index < -0.39 is 0 Å². The van der Waals surface area contributed by atoms with Gasteiger partial charge < -0.3 is 14.4 Å². The number of piperidine rings is 1. The molecule has 0 bridgehead atoms. The van der Waals surface area contributed by atoms with Crippen molar-refractivity contribution in [2.24, 2.45) is 11.8 Å². The second-order valence-electron chi connectivity index (χ2n) is 12.3. The first-order valence-electron chi connectivity index (χ1n) is 15.6. The quantitative estimate of drug-likeness (QED) is 0.184. The first-order chi connectivity index (χ1) is 21.8. The molecule has 0 amide bonds. The van der Waals surface area contributed by atoms with Gasteiger partial charge in [-0.3, -0.25) is 9.36 Å². The number of carbonyl (C=O) groups is 2. The van der Waals surface area contributed by atoms with Crippen LogP contribution in [0.5, 0.6) is 0 Å². The van der Waals surface area contributed by atoms with E-state index in [4.69, 9.17) is 26.1 Å². The van der Waals surface area contributed by atoms with Crippen molar-refractivity contribution in [2.75, 3.05) is 31.2 Å². The summed E-state index contributed by atoms with van der Waals surface area (Å²) in [6, 6.07) is 8.03. The van der Waals surface area contributed by atoms with Crippen molar-refractivity contribution in [3.05, 3.63) is 88.9 Å². The van der Waals surface area contributed by atoms with E-state index in [1.165, 1.54) is 12.0 Å². The minimum atomic E-state index is -0.344. The van der Waals surface area contributed by atoms with E-state index in [1.807, 2.05) is 28.6 Å². The Morgan fingerprint density at radius 2 is 1.29 bits per heavy atom. The molecule has 234 valence electrons. The van der Waals surface area contributed by atoms with Gasteiger partial charge in [0.2, 0.25) is 0 Å². The molecule has 1 aliphatic heterocycles. The summed E-state index contributed by atoms with van der Waals surface area (Å²) in [5, 5.41) is 9.20. The smallest absolute Gasteiger partial charge is 0.341 e. The van der Waals surface area contributed by atoms with Gasteiger partial charge in [-0.05, 0) is 81.0 Å². The molecular formula is C33H36ClN7O4. The van der Waals surface area contributed by atoms with E-state index in [0.29, 0.717) is 29.5 Å². The zero-order valence-corrected chi connectivity index (χ0v) is 26.2. The van der Waals surface area contributed by atoms with Crippen LogP contribution in [0.3, 0.4) is 0 Å². The first kappa shape index (κ1) is 29.5. The van der Waals surface area contributed by atoms with Gasteiger partial charge in [0.15, 0.2) is 0 Å². The summed E-state index contributed by atoms with van der Waals surface area (Å²) in [5.74, 6) is 2.23. The van der Waals surface area contributed by atoms with Gasteiger partial charge in [-0.1, -0.05) is 23.7 Å². The van der Waals surface area contributed by atoms with E-state index in [9.17, 15) is 9.59 Å². The standard InChI is InChI=1S/C19H22N4O2.C14H14ClN3O2/c1-2-25-18(24)15-8-21-23(12-15)19(5-6-19)16-3-4-17(20-9-16)22-10-13-7-14(13)11-22;1-2-20-13(19)10-7-17-18(9-10)14(5-6-14)11-3-4-12(15)16-8-11/h3-4,8-9,12-14H,2,5-7,10-11H2,1H3;3-4,7-9H,2,5-6H2,1H3. The number of hydrogen-bond donors (Lipinski definition) is 0. The number of aromatic nitrogens is 6. The minimum absolute atomic E-state index is 0.149. The fourth-order valence-electron chi connectivity index (χ4n) is 6.38. The van der Waals surface area contributed by atoms with Crippen LogP contribution in [0.25, 0.3) is 0 Å². The summed E-state index contributed by atoms with van der Waals surface area (Å²) >= 11 is 5.81. The molecule has 45 heavy (non-hydrogen) atoms. The van der Waals surface area contributed by atoms with Gasteiger partial charge in [0.1, 0.15) is 11.0 Å². The predicted molar refractivity (Wildman–Crippen MR) is 166 cm³/mol. The molecule has 3 aliphatic carbocycles. The highest BCUT2D eigenvalue weighted by molar-refractivity contribution is 6.29. The Balaban J connectivity index is 0.000000149. The average molecular weight is 630 g/mol. The zero-order chi connectivity index (χ0) is 31.2. The summed E-state index contributed by atoms with van der Waals surface area (Å²) in [7, 11) is 0. The maximum atomic E-state index is 11.9. The lowest BCUT2D eigenvalue weighted by Crippen LogP contribution is -2.24. The number of rotatable bonds is 9. The topological polar surface area (TPSA) is 117 Å². The lowest BCUT2D eigenvalue weighted by Gasteiger charge is -2.21. The van der Waals surface area contributed by atoms with Gasteiger partial charge in [0.05, 0.1) is 47.8 Å². The molecule has 8 rings (SSSR count). The fraction of sp³-hybridized carbons (Fsp3) is 0.455.